The van der Waals surface area contributed by atoms with E-state index in [2.05, 4.69) is 0 Å². The van der Waals surface area contributed by atoms with Crippen LogP contribution in [0.4, 0.5) is 4.39 Å². The van der Waals surface area contributed by atoms with Gasteiger partial charge in [-0.25, -0.2) is 4.39 Å². The first-order valence-corrected chi connectivity index (χ1v) is 4.03. The van der Waals surface area contributed by atoms with Crippen LogP contribution >= 0.6 is 0 Å². The van der Waals surface area contributed by atoms with Gasteiger partial charge in [0, 0.05) is 5.56 Å². The highest BCUT2D eigenvalue weighted by Gasteiger charge is 2.20. The van der Waals surface area contributed by atoms with Gasteiger partial charge in [0.25, 0.3) is 0 Å². The van der Waals surface area contributed by atoms with Crippen molar-refractivity contribution in [2.45, 2.75) is 6.04 Å². The average molecular weight is 183 g/mol. The second-order valence-corrected chi connectivity index (χ2v) is 2.84. The molecule has 0 aromatic heterocycles. The van der Waals surface area contributed by atoms with Crippen molar-refractivity contribution in [1.82, 2.24) is 0 Å². The molecule has 4 heteroatoms. The molecule has 1 unspecified atom stereocenters. The molecule has 1 aliphatic heterocycles. The number of halogens is 1. The molecule has 0 radical (unpaired) electrons. The van der Waals surface area contributed by atoms with Gasteiger partial charge in [-0.3, -0.25) is 0 Å². The molecule has 13 heavy (non-hydrogen) atoms. The van der Waals surface area contributed by atoms with Crippen LogP contribution in [-0.4, -0.2) is 13.5 Å². The van der Waals surface area contributed by atoms with Crippen molar-refractivity contribution in [2.75, 3.05) is 13.5 Å². The molecule has 0 amide bonds. The van der Waals surface area contributed by atoms with Crippen LogP contribution in [0.25, 0.3) is 0 Å². The maximum atomic E-state index is 12.3. The van der Waals surface area contributed by atoms with Crippen LogP contribution in [0.5, 0.6) is 11.5 Å². The number of fused-ring (bicyclic) bond motifs is 1. The third-order valence-corrected chi connectivity index (χ3v) is 1.99. The Morgan fingerprint density at radius 3 is 3.08 bits per heavy atom. The monoisotopic (exact) mass is 183 g/mol. The Labute approximate surface area is 75.3 Å². The van der Waals surface area contributed by atoms with Crippen molar-refractivity contribution in [1.29, 1.82) is 0 Å². The lowest BCUT2D eigenvalue weighted by molar-refractivity contribution is 0.172. The van der Waals surface area contributed by atoms with E-state index in [9.17, 15) is 4.39 Å². The van der Waals surface area contributed by atoms with E-state index in [-0.39, 0.29) is 6.79 Å². The van der Waals surface area contributed by atoms with Crippen molar-refractivity contribution >= 4 is 0 Å². The number of benzene rings is 1. The van der Waals surface area contributed by atoms with E-state index < -0.39 is 12.7 Å². The van der Waals surface area contributed by atoms with Gasteiger partial charge in [0.15, 0.2) is 11.5 Å². The second kappa shape index (κ2) is 3.22. The first kappa shape index (κ1) is 8.31. The van der Waals surface area contributed by atoms with E-state index in [1.807, 2.05) is 0 Å². The maximum absolute atomic E-state index is 12.3. The highest BCUT2D eigenvalue weighted by atomic mass is 19.1. The minimum atomic E-state index is -0.628. The molecule has 2 rings (SSSR count). The number of rotatable bonds is 2. The molecular weight excluding hydrogens is 173 g/mol. The SMILES string of the molecule is NC(CF)c1cccc2c1OCO2. The summed E-state index contributed by atoms with van der Waals surface area (Å²) >= 11 is 0. The molecule has 70 valence electrons. The molecule has 1 atom stereocenters. The fourth-order valence-electron chi connectivity index (χ4n) is 1.33. The van der Waals surface area contributed by atoms with Crippen LogP contribution in [0, 0.1) is 0 Å². The summed E-state index contributed by atoms with van der Waals surface area (Å²) in [6.07, 6.45) is 0. The third kappa shape index (κ3) is 1.33. The lowest BCUT2D eigenvalue weighted by Crippen LogP contribution is -2.12. The molecule has 3 nitrogen and oxygen atoms in total. The molecule has 1 aliphatic rings. The number of hydrogen-bond donors (Lipinski definition) is 1. The lowest BCUT2D eigenvalue weighted by Gasteiger charge is -2.09. The smallest absolute Gasteiger partial charge is 0.231 e. The van der Waals surface area contributed by atoms with Crippen LogP contribution in [0.1, 0.15) is 11.6 Å². The minimum absolute atomic E-state index is 0.186. The molecule has 1 aromatic rings. The topological polar surface area (TPSA) is 44.5 Å². The van der Waals surface area contributed by atoms with Crippen LogP contribution < -0.4 is 15.2 Å². The van der Waals surface area contributed by atoms with Gasteiger partial charge in [0.2, 0.25) is 6.79 Å². The Balaban J connectivity index is 2.41. The van der Waals surface area contributed by atoms with Gasteiger partial charge in [0.05, 0.1) is 6.04 Å². The van der Waals surface area contributed by atoms with E-state index in [0.717, 1.165) is 0 Å². The highest BCUT2D eigenvalue weighted by Crippen LogP contribution is 2.37. The van der Waals surface area contributed by atoms with E-state index in [4.69, 9.17) is 15.2 Å². The molecule has 0 saturated heterocycles. The first-order valence-electron chi connectivity index (χ1n) is 4.03. The molecule has 0 fully saturated rings. The van der Waals surface area contributed by atoms with Gasteiger partial charge < -0.3 is 15.2 Å². The Morgan fingerprint density at radius 1 is 1.46 bits per heavy atom. The van der Waals surface area contributed by atoms with Gasteiger partial charge in [-0.2, -0.15) is 0 Å². The molecule has 1 aromatic carbocycles. The summed E-state index contributed by atoms with van der Waals surface area (Å²) in [5.41, 5.74) is 6.22. The van der Waals surface area contributed by atoms with Crippen molar-refractivity contribution in [3.8, 4) is 11.5 Å². The normalized spacial score (nSPS) is 15.8. The number of para-hydroxylation sites is 1. The summed E-state index contributed by atoms with van der Waals surface area (Å²) in [5.74, 6) is 1.22. The summed E-state index contributed by atoms with van der Waals surface area (Å²) < 4.78 is 22.6. The molecule has 2 N–H and O–H groups in total. The standard InChI is InChI=1S/C9H10FNO2/c10-4-7(11)6-2-1-3-8-9(6)13-5-12-8/h1-3,7H,4-5,11H2. The Hall–Kier alpha value is -1.29. The van der Waals surface area contributed by atoms with Gasteiger partial charge >= 0.3 is 0 Å². The van der Waals surface area contributed by atoms with E-state index in [0.29, 0.717) is 17.1 Å². The fourth-order valence-corrected chi connectivity index (χ4v) is 1.33. The number of alkyl halides is 1. The van der Waals surface area contributed by atoms with E-state index in [1.165, 1.54) is 0 Å². The largest absolute Gasteiger partial charge is 0.454 e. The summed E-state index contributed by atoms with van der Waals surface area (Å²) in [4.78, 5) is 0. The highest BCUT2D eigenvalue weighted by molar-refractivity contribution is 5.49. The van der Waals surface area contributed by atoms with Gasteiger partial charge in [0.1, 0.15) is 6.67 Å². The third-order valence-electron chi connectivity index (χ3n) is 1.99. The predicted molar refractivity (Wildman–Crippen MR) is 45.5 cm³/mol. The molecule has 0 saturated carbocycles. The van der Waals surface area contributed by atoms with Crippen LogP contribution in [0.2, 0.25) is 0 Å². The van der Waals surface area contributed by atoms with Crippen molar-refractivity contribution in [3.63, 3.8) is 0 Å². The summed E-state index contributed by atoms with van der Waals surface area (Å²) in [6, 6.07) is 4.67. The van der Waals surface area contributed by atoms with Crippen LogP contribution in [-0.2, 0) is 0 Å². The Bertz CT molecular complexity index is 316. The van der Waals surface area contributed by atoms with Crippen molar-refractivity contribution in [3.05, 3.63) is 23.8 Å². The van der Waals surface area contributed by atoms with E-state index >= 15 is 0 Å². The van der Waals surface area contributed by atoms with Crippen LogP contribution in [0.3, 0.4) is 0 Å². The number of hydrogen-bond acceptors (Lipinski definition) is 3. The zero-order valence-corrected chi connectivity index (χ0v) is 7.00. The van der Waals surface area contributed by atoms with Gasteiger partial charge in [-0.05, 0) is 6.07 Å². The average Bonchev–Trinajstić information content (AvgIpc) is 2.63. The first-order chi connectivity index (χ1) is 6.33. The lowest BCUT2D eigenvalue weighted by atomic mass is 10.1. The van der Waals surface area contributed by atoms with Crippen LogP contribution in [0.15, 0.2) is 18.2 Å². The van der Waals surface area contributed by atoms with Crippen molar-refractivity contribution < 1.29 is 13.9 Å². The molecule has 0 bridgehead atoms. The Morgan fingerprint density at radius 2 is 2.31 bits per heavy atom. The summed E-state index contributed by atoms with van der Waals surface area (Å²) in [7, 11) is 0. The molecule has 0 spiro atoms. The number of nitrogens with two attached hydrogens (primary N) is 1. The summed E-state index contributed by atoms with van der Waals surface area (Å²) in [5, 5.41) is 0. The zero-order chi connectivity index (χ0) is 9.26. The molecular formula is C9H10FNO2. The Kier molecular flexibility index (Phi) is 2.06. The quantitative estimate of drug-likeness (QED) is 0.753. The maximum Gasteiger partial charge on any atom is 0.231 e. The second-order valence-electron chi connectivity index (χ2n) is 2.84. The minimum Gasteiger partial charge on any atom is -0.454 e. The van der Waals surface area contributed by atoms with Gasteiger partial charge in [-0.15, -0.1) is 0 Å². The van der Waals surface area contributed by atoms with Crippen molar-refractivity contribution in [2.24, 2.45) is 5.73 Å². The molecule has 0 aliphatic carbocycles. The molecule has 1 heterocycles. The predicted octanol–water partition coefficient (Wildman–Crippen LogP) is 1.38. The number of ether oxygens (including phenoxy) is 2. The fraction of sp³-hybridized carbons (Fsp3) is 0.333. The van der Waals surface area contributed by atoms with E-state index in [1.54, 1.807) is 18.2 Å². The van der Waals surface area contributed by atoms with Gasteiger partial charge in [-0.1, -0.05) is 12.1 Å². The summed E-state index contributed by atoms with van der Waals surface area (Å²) in [6.45, 7) is -0.412. The zero-order valence-electron chi connectivity index (χ0n) is 7.00.